The number of hydrogen-bond donors (Lipinski definition) is 2. The number of esters is 2. The molecule has 7 aromatic rings. The average Bonchev–Trinajstić information content (AvgIpc) is 4.20. The molecule has 360 valence electrons. The maximum atomic E-state index is 17.9. The summed E-state index contributed by atoms with van der Waals surface area (Å²) in [7, 11) is 0. The van der Waals surface area contributed by atoms with E-state index in [1.54, 1.807) is 66.7 Å². The zero-order valence-corrected chi connectivity index (χ0v) is 38.4. The number of nitrogens with one attached hydrogen (secondary N) is 2. The molecule has 4 aromatic carbocycles. The number of hydrogen-bond acceptors (Lipinski definition) is 6. The Kier molecular flexibility index (Phi) is 13.0. The van der Waals surface area contributed by atoms with Crippen LogP contribution in [0.25, 0.3) is 84.3 Å². The zero-order chi connectivity index (χ0) is 50.2. The van der Waals surface area contributed by atoms with Crippen LogP contribution in [0.15, 0.2) is 151 Å². The van der Waals surface area contributed by atoms with Crippen LogP contribution in [0.3, 0.4) is 0 Å². The molecule has 1 atom stereocenters. The lowest BCUT2D eigenvalue weighted by atomic mass is 9.79. The molecule has 1 unspecified atom stereocenters. The number of allylic oxidation sites excluding steroid dienone is 2. The molecule has 5 heterocycles. The van der Waals surface area contributed by atoms with Crippen LogP contribution in [-0.2, 0) is 19.1 Å². The van der Waals surface area contributed by atoms with E-state index in [2.05, 4.69) is 9.97 Å². The number of H-pyrrole nitrogens is 2. The third-order valence-electron chi connectivity index (χ3n) is 12.1. The molecule has 8 nitrogen and oxygen atoms in total. The number of halogens is 8. The van der Waals surface area contributed by atoms with Gasteiger partial charge in [-0.05, 0) is 84.1 Å². The molecule has 0 spiro atoms. The van der Waals surface area contributed by atoms with E-state index in [1.165, 1.54) is 32.0 Å². The van der Waals surface area contributed by atoms with Crippen LogP contribution in [-0.4, -0.2) is 62.3 Å². The van der Waals surface area contributed by atoms with Crippen LogP contribution >= 0.6 is 11.6 Å². The van der Waals surface area contributed by atoms with Crippen LogP contribution < -0.4 is 0 Å². The lowest BCUT2D eigenvalue weighted by molar-refractivity contribution is -0.269. The number of nitrogens with zero attached hydrogens (tertiary/aromatic N) is 2. The van der Waals surface area contributed by atoms with Crippen LogP contribution in [0.2, 0.25) is 0 Å². The Morgan fingerprint density at radius 3 is 1.32 bits per heavy atom. The summed E-state index contributed by atoms with van der Waals surface area (Å²) in [6.07, 6.45) is 3.68. The predicted molar refractivity (Wildman–Crippen MR) is 260 cm³/mol. The number of rotatable bonds is 12. The van der Waals surface area contributed by atoms with Crippen LogP contribution in [0, 0.1) is 5.92 Å². The topological polar surface area (TPSA) is 110 Å². The number of aromatic nitrogens is 4. The molecular weight excluding hydrogens is 949 g/mol. The number of benzene rings is 4. The Balaban J connectivity index is 1.60. The molecule has 0 radical (unpaired) electrons. The van der Waals surface area contributed by atoms with Gasteiger partial charge in [0.25, 0.3) is 0 Å². The Labute approximate surface area is 406 Å². The van der Waals surface area contributed by atoms with E-state index in [-0.39, 0.29) is 33.3 Å². The lowest BCUT2D eigenvalue weighted by Gasteiger charge is -2.30. The second-order valence-corrected chi connectivity index (χ2v) is 16.9. The van der Waals surface area contributed by atoms with E-state index in [0.717, 1.165) is 0 Å². The fraction of sp³-hybridized carbons (Fsp3) is 0.164. The molecule has 9 rings (SSSR count). The average molecular weight is 989 g/mol. The highest BCUT2D eigenvalue weighted by Crippen LogP contribution is 2.58. The number of fused-ring (bicyclic) bond motifs is 8. The monoisotopic (exact) mass is 988 g/mol. The van der Waals surface area contributed by atoms with Gasteiger partial charge in [-0.3, -0.25) is 14.6 Å². The predicted octanol–water partition coefficient (Wildman–Crippen LogP) is 14.5. The van der Waals surface area contributed by atoms with E-state index in [4.69, 9.17) is 31.0 Å². The highest BCUT2D eigenvalue weighted by Gasteiger charge is 2.74. The van der Waals surface area contributed by atoms with E-state index in [0.29, 0.717) is 44.7 Å². The molecule has 0 saturated heterocycles. The first kappa shape index (κ1) is 48.3. The van der Waals surface area contributed by atoms with E-state index in [9.17, 15) is 18.4 Å². The molecule has 2 aliphatic rings. The zero-order valence-electron chi connectivity index (χ0n) is 37.6. The van der Waals surface area contributed by atoms with Crippen LogP contribution in [0.4, 0.5) is 30.7 Å². The normalized spacial score (nSPS) is 14.7. The Morgan fingerprint density at radius 2 is 0.930 bits per heavy atom. The third kappa shape index (κ3) is 8.68. The summed E-state index contributed by atoms with van der Waals surface area (Å²) in [6.45, 7) is 1.94. The second-order valence-electron chi connectivity index (χ2n) is 16.4. The van der Waals surface area contributed by atoms with Crippen molar-refractivity contribution in [2.24, 2.45) is 5.92 Å². The molecule has 2 N–H and O–H groups in total. The van der Waals surface area contributed by atoms with Crippen molar-refractivity contribution in [2.45, 2.75) is 37.0 Å². The van der Waals surface area contributed by atoms with Gasteiger partial charge in [-0.25, -0.2) is 9.37 Å². The number of carbonyl (C=O) groups is 2. The van der Waals surface area contributed by atoms with Crippen molar-refractivity contribution in [1.29, 1.82) is 0 Å². The van der Waals surface area contributed by atoms with Gasteiger partial charge in [0.1, 0.15) is 0 Å². The summed E-state index contributed by atoms with van der Waals surface area (Å²) in [5, 5.41) is -6.03. The standard InChI is InChI=1S/C55H40ClF7N4O4/c1-3-70-51(68)47(52(69)71-4-2)45-46(50(57)53(58,59)54(60,61)55(56,62)63)49-44(34-23-15-8-16-24-34)40-30-28-38(66-40)42(32-19-11-6-12-20-32)36-26-25-35(64-36)41(31-17-9-5-10-18-31)37-27-29-39(65-37)43(48(45)67-49)33-21-13-7-14-22-33/h5-30,45,47,65-66H,3-4H2,1-2H3/b41-35?,41-37?,42-36?,42-38?,43-39?,44-40?,48-43?,49-44?,50-46+. The number of carbonyl (C=O) groups excluding carboxylic acids is 2. The summed E-state index contributed by atoms with van der Waals surface area (Å²) < 4.78 is 123. The quantitative estimate of drug-likeness (QED) is 0.0546. The molecule has 2 aliphatic heterocycles. The number of aromatic amines is 2. The van der Waals surface area contributed by atoms with E-state index in [1.807, 2.05) is 72.8 Å². The molecule has 3 aromatic heterocycles. The van der Waals surface area contributed by atoms with Crippen molar-refractivity contribution in [2.75, 3.05) is 13.2 Å². The van der Waals surface area contributed by atoms with Gasteiger partial charge in [0.2, 0.25) is 0 Å². The first-order valence-corrected chi connectivity index (χ1v) is 22.7. The lowest BCUT2D eigenvalue weighted by Crippen LogP contribution is -2.52. The fourth-order valence-corrected chi connectivity index (χ4v) is 9.11. The highest BCUT2D eigenvalue weighted by atomic mass is 35.5. The van der Waals surface area contributed by atoms with Crippen molar-refractivity contribution >= 4 is 63.3 Å². The SMILES string of the molecule is CCOC(=O)C(C(=O)OCC)C1/C(=C(\F)C(F)(F)C(F)(F)C(F)(F)Cl)c2nc1c(-c1ccccc1)c1ccc([nH]1)c(-c1ccccc1)c1nc(c(-c3ccccc3)c3ccc([nH]3)c2-c2ccccc2)C=C1. The van der Waals surface area contributed by atoms with Crippen molar-refractivity contribution in [3.63, 3.8) is 0 Å². The molecule has 0 amide bonds. The first-order valence-electron chi connectivity index (χ1n) is 22.3. The molecule has 0 fully saturated rings. The Bertz CT molecular complexity index is 3380. The summed E-state index contributed by atoms with van der Waals surface area (Å²) >= 11 is 4.70. The van der Waals surface area contributed by atoms with Gasteiger partial charge < -0.3 is 19.4 Å². The van der Waals surface area contributed by atoms with E-state index >= 15 is 22.0 Å². The largest absolute Gasteiger partial charge is 0.465 e. The third-order valence-corrected chi connectivity index (χ3v) is 12.4. The van der Waals surface area contributed by atoms with Gasteiger partial charge in [0, 0.05) is 49.9 Å². The second kappa shape index (κ2) is 19.2. The van der Waals surface area contributed by atoms with Gasteiger partial charge in [-0.15, -0.1) is 0 Å². The molecule has 71 heavy (non-hydrogen) atoms. The van der Waals surface area contributed by atoms with Gasteiger partial charge in [0.05, 0.1) is 41.9 Å². The van der Waals surface area contributed by atoms with Crippen molar-refractivity contribution in [1.82, 2.24) is 19.9 Å². The minimum Gasteiger partial charge on any atom is -0.465 e. The van der Waals surface area contributed by atoms with Crippen molar-refractivity contribution < 1.29 is 49.8 Å². The van der Waals surface area contributed by atoms with E-state index < -0.39 is 77.0 Å². The molecule has 8 bridgehead atoms. The van der Waals surface area contributed by atoms with Crippen LogP contribution in [0.5, 0.6) is 0 Å². The highest BCUT2D eigenvalue weighted by molar-refractivity contribution is 6.22. The molecule has 0 aliphatic carbocycles. The summed E-state index contributed by atoms with van der Waals surface area (Å²) in [4.78, 5) is 45.6. The maximum Gasteiger partial charge on any atom is 0.393 e. The number of ether oxygens (including phenoxy) is 2. The minimum atomic E-state index is -6.61. The van der Waals surface area contributed by atoms with Crippen LogP contribution in [0.1, 0.15) is 42.5 Å². The first-order chi connectivity index (χ1) is 34.1. The minimum absolute atomic E-state index is 0.0316. The Morgan fingerprint density at radius 1 is 0.563 bits per heavy atom. The van der Waals surface area contributed by atoms with Gasteiger partial charge in [0.15, 0.2) is 11.7 Å². The maximum absolute atomic E-state index is 17.9. The molecular formula is C55H40ClF7N4O4. The van der Waals surface area contributed by atoms with Gasteiger partial charge in [-0.2, -0.15) is 26.3 Å². The smallest absolute Gasteiger partial charge is 0.393 e. The summed E-state index contributed by atoms with van der Waals surface area (Å²) in [5.74, 6) is -24.0. The van der Waals surface area contributed by atoms with Crippen molar-refractivity contribution in [3.8, 4) is 44.5 Å². The fourth-order valence-electron chi connectivity index (χ4n) is 9.00. The summed E-state index contributed by atoms with van der Waals surface area (Å²) in [6, 6.07) is 40.6. The molecule has 16 heteroatoms. The van der Waals surface area contributed by atoms with Gasteiger partial charge >= 0.3 is 29.2 Å². The van der Waals surface area contributed by atoms with Gasteiger partial charge in [-0.1, -0.05) is 121 Å². The summed E-state index contributed by atoms with van der Waals surface area (Å²) in [5.41, 5.74) is 1.84. The molecule has 0 saturated carbocycles. The van der Waals surface area contributed by atoms with Crippen molar-refractivity contribution in [3.05, 3.63) is 174 Å². The number of alkyl halides is 7. The Hall–Kier alpha value is -7.78.